The number of halogens is 1. The smallest absolute Gasteiger partial charge is 0.177 e. The van der Waals surface area contributed by atoms with Crippen LogP contribution >= 0.6 is 11.6 Å². The molecule has 0 fully saturated rings. The Balaban J connectivity index is 1.87. The zero-order valence-corrected chi connectivity index (χ0v) is 14.7. The lowest BCUT2D eigenvalue weighted by atomic mass is 10.2. The first-order valence-electron chi connectivity index (χ1n) is 7.99. The van der Waals surface area contributed by atoms with E-state index in [0.29, 0.717) is 11.6 Å². The van der Waals surface area contributed by atoms with E-state index in [1.165, 1.54) is 0 Å². The summed E-state index contributed by atoms with van der Waals surface area (Å²) >= 11 is 6.14. The van der Waals surface area contributed by atoms with E-state index in [-0.39, 0.29) is 0 Å². The first-order chi connectivity index (χ1) is 12.1. The number of nitrogens with zero attached hydrogens (tertiary/aromatic N) is 2. The molecule has 0 aliphatic heterocycles. The van der Waals surface area contributed by atoms with Crippen LogP contribution in [0.25, 0.3) is 22.6 Å². The van der Waals surface area contributed by atoms with Gasteiger partial charge in [-0.25, -0.2) is 4.98 Å². The maximum Gasteiger partial charge on any atom is 0.177 e. The van der Waals surface area contributed by atoms with Gasteiger partial charge in [0.2, 0.25) is 0 Å². The van der Waals surface area contributed by atoms with Crippen molar-refractivity contribution < 1.29 is 9.15 Å². The third-order valence-corrected chi connectivity index (χ3v) is 4.38. The second-order valence-electron chi connectivity index (χ2n) is 5.92. The third-order valence-electron chi connectivity index (χ3n) is 4.15. The lowest BCUT2D eigenvalue weighted by Crippen LogP contribution is -2.02. The van der Waals surface area contributed by atoms with Crippen LogP contribution in [0, 0.1) is 6.92 Å². The Labute approximate surface area is 150 Å². The van der Waals surface area contributed by atoms with Gasteiger partial charge in [0.1, 0.15) is 11.5 Å². The third kappa shape index (κ3) is 3.01. The number of aryl methyl sites for hydroxylation is 1. The summed E-state index contributed by atoms with van der Waals surface area (Å²) < 4.78 is 13.3. The zero-order chi connectivity index (χ0) is 17.4. The highest BCUT2D eigenvalue weighted by Crippen LogP contribution is 2.29. The predicted octanol–water partition coefficient (Wildman–Crippen LogP) is 5.32. The molecule has 0 atom stereocenters. The van der Waals surface area contributed by atoms with Crippen LogP contribution in [0.15, 0.2) is 59.0 Å². The van der Waals surface area contributed by atoms with Gasteiger partial charge in [-0.1, -0.05) is 23.7 Å². The van der Waals surface area contributed by atoms with E-state index in [2.05, 4.69) is 10.6 Å². The van der Waals surface area contributed by atoms with Gasteiger partial charge in [0.25, 0.3) is 0 Å². The van der Waals surface area contributed by atoms with Crippen molar-refractivity contribution in [2.75, 3.05) is 7.11 Å². The standard InChI is InChI=1S/C20H17ClN2O2/c1-13-6-9-19(25-13)20-22-17-11-15(21)7-8-18(17)23(20)12-14-4-3-5-16(10-14)24-2/h3-11H,12H2,1-2H3. The average molecular weight is 353 g/mol. The molecule has 25 heavy (non-hydrogen) atoms. The molecule has 2 heterocycles. The molecule has 4 aromatic rings. The molecule has 0 unspecified atom stereocenters. The summed E-state index contributed by atoms with van der Waals surface area (Å²) in [4.78, 5) is 4.75. The van der Waals surface area contributed by atoms with Crippen LogP contribution in [0.3, 0.4) is 0 Å². The van der Waals surface area contributed by atoms with E-state index >= 15 is 0 Å². The van der Waals surface area contributed by atoms with E-state index in [1.54, 1.807) is 7.11 Å². The minimum atomic E-state index is 0.657. The van der Waals surface area contributed by atoms with E-state index in [1.807, 2.05) is 55.5 Å². The number of fused-ring (bicyclic) bond motifs is 1. The number of imidazole rings is 1. The molecule has 5 heteroatoms. The summed E-state index contributed by atoms with van der Waals surface area (Å²) in [6.45, 7) is 2.58. The Morgan fingerprint density at radius 3 is 2.76 bits per heavy atom. The van der Waals surface area contributed by atoms with Gasteiger partial charge >= 0.3 is 0 Å². The number of aromatic nitrogens is 2. The molecule has 0 aliphatic carbocycles. The molecule has 0 aliphatic rings. The quantitative estimate of drug-likeness (QED) is 0.499. The summed E-state index contributed by atoms with van der Waals surface area (Å²) in [5.41, 5.74) is 2.98. The molecule has 0 saturated heterocycles. The van der Waals surface area contributed by atoms with Crippen molar-refractivity contribution in [3.63, 3.8) is 0 Å². The Hall–Kier alpha value is -2.72. The van der Waals surface area contributed by atoms with Gasteiger partial charge in [-0.05, 0) is 55.0 Å². The number of methoxy groups -OCH3 is 1. The fourth-order valence-corrected chi connectivity index (χ4v) is 3.13. The molecule has 0 amide bonds. The molecule has 126 valence electrons. The van der Waals surface area contributed by atoms with Crippen LogP contribution in [-0.4, -0.2) is 16.7 Å². The molecule has 2 aromatic carbocycles. The first kappa shape index (κ1) is 15.8. The molecule has 4 rings (SSSR count). The minimum absolute atomic E-state index is 0.657. The van der Waals surface area contributed by atoms with E-state index < -0.39 is 0 Å². The Bertz CT molecular complexity index is 1050. The van der Waals surface area contributed by atoms with Crippen molar-refractivity contribution in [2.45, 2.75) is 13.5 Å². The van der Waals surface area contributed by atoms with Crippen LogP contribution in [0.4, 0.5) is 0 Å². The monoisotopic (exact) mass is 352 g/mol. The number of rotatable bonds is 4. The van der Waals surface area contributed by atoms with Crippen LogP contribution < -0.4 is 4.74 Å². The SMILES string of the molecule is COc1cccc(Cn2c(-c3ccc(C)o3)nc3cc(Cl)ccc32)c1. The van der Waals surface area contributed by atoms with Gasteiger partial charge in [-0.2, -0.15) is 0 Å². The highest BCUT2D eigenvalue weighted by atomic mass is 35.5. The largest absolute Gasteiger partial charge is 0.497 e. The Morgan fingerprint density at radius 2 is 2.00 bits per heavy atom. The van der Waals surface area contributed by atoms with Crippen LogP contribution in [0.5, 0.6) is 5.75 Å². The van der Waals surface area contributed by atoms with Gasteiger partial charge in [-0.15, -0.1) is 0 Å². The molecule has 0 saturated carbocycles. The van der Waals surface area contributed by atoms with Crippen LogP contribution in [0.1, 0.15) is 11.3 Å². The van der Waals surface area contributed by atoms with E-state index in [4.69, 9.17) is 25.7 Å². The Morgan fingerprint density at radius 1 is 1.12 bits per heavy atom. The lowest BCUT2D eigenvalue weighted by molar-refractivity contribution is 0.414. The highest BCUT2D eigenvalue weighted by molar-refractivity contribution is 6.31. The Kier molecular flexibility index (Phi) is 3.98. The van der Waals surface area contributed by atoms with Crippen molar-refractivity contribution in [1.29, 1.82) is 0 Å². The lowest BCUT2D eigenvalue weighted by Gasteiger charge is -2.09. The zero-order valence-electron chi connectivity index (χ0n) is 14.0. The summed E-state index contributed by atoms with van der Waals surface area (Å²) in [7, 11) is 1.67. The number of benzene rings is 2. The predicted molar refractivity (Wildman–Crippen MR) is 99.3 cm³/mol. The number of hydrogen-bond donors (Lipinski definition) is 0. The van der Waals surface area contributed by atoms with Gasteiger partial charge in [-0.3, -0.25) is 0 Å². The minimum Gasteiger partial charge on any atom is -0.497 e. The van der Waals surface area contributed by atoms with Crippen molar-refractivity contribution in [2.24, 2.45) is 0 Å². The molecule has 2 aromatic heterocycles. The highest BCUT2D eigenvalue weighted by Gasteiger charge is 2.16. The summed E-state index contributed by atoms with van der Waals surface area (Å²) in [6, 6.07) is 17.7. The van der Waals surface area contributed by atoms with E-state index in [9.17, 15) is 0 Å². The van der Waals surface area contributed by atoms with E-state index in [0.717, 1.165) is 39.7 Å². The number of ether oxygens (including phenoxy) is 1. The van der Waals surface area contributed by atoms with Gasteiger partial charge in [0.05, 0.1) is 18.1 Å². The second kappa shape index (κ2) is 6.30. The molecule has 0 N–H and O–H groups in total. The van der Waals surface area contributed by atoms with Gasteiger partial charge < -0.3 is 13.7 Å². The molecule has 0 bridgehead atoms. The fourth-order valence-electron chi connectivity index (χ4n) is 2.96. The topological polar surface area (TPSA) is 40.2 Å². The summed E-state index contributed by atoms with van der Waals surface area (Å²) in [5.74, 6) is 3.22. The maximum absolute atomic E-state index is 6.14. The van der Waals surface area contributed by atoms with Gasteiger partial charge in [0.15, 0.2) is 11.6 Å². The second-order valence-corrected chi connectivity index (χ2v) is 6.35. The van der Waals surface area contributed by atoms with Crippen LogP contribution in [0.2, 0.25) is 5.02 Å². The first-order valence-corrected chi connectivity index (χ1v) is 8.37. The van der Waals surface area contributed by atoms with Crippen molar-refractivity contribution in [3.8, 4) is 17.3 Å². The maximum atomic E-state index is 6.14. The number of furan rings is 1. The molecular formula is C20H17ClN2O2. The molecule has 4 nitrogen and oxygen atoms in total. The van der Waals surface area contributed by atoms with Crippen molar-refractivity contribution >= 4 is 22.6 Å². The van der Waals surface area contributed by atoms with Crippen molar-refractivity contribution in [1.82, 2.24) is 9.55 Å². The number of hydrogen-bond acceptors (Lipinski definition) is 3. The van der Waals surface area contributed by atoms with Crippen LogP contribution in [-0.2, 0) is 6.54 Å². The molecular weight excluding hydrogens is 336 g/mol. The normalized spacial score (nSPS) is 11.2. The van der Waals surface area contributed by atoms with Crippen molar-refractivity contribution in [3.05, 3.63) is 70.9 Å². The molecule has 0 radical (unpaired) electrons. The molecule has 0 spiro atoms. The summed E-state index contributed by atoms with van der Waals surface area (Å²) in [6.07, 6.45) is 0. The fraction of sp³-hybridized carbons (Fsp3) is 0.150. The average Bonchev–Trinajstić information content (AvgIpc) is 3.18. The van der Waals surface area contributed by atoms with Gasteiger partial charge in [0, 0.05) is 11.6 Å². The summed E-state index contributed by atoms with van der Waals surface area (Å²) in [5, 5.41) is 0.667.